The van der Waals surface area contributed by atoms with Crippen molar-refractivity contribution in [3.8, 4) is 5.82 Å². The summed E-state index contributed by atoms with van der Waals surface area (Å²) in [7, 11) is -3.46. The van der Waals surface area contributed by atoms with E-state index in [9.17, 15) is 8.42 Å². The third-order valence-electron chi connectivity index (χ3n) is 4.12. The maximum absolute atomic E-state index is 12.4. The molecule has 7 nitrogen and oxygen atoms in total. The molecular weight excluding hydrogens is 314 g/mol. The van der Waals surface area contributed by atoms with Crippen molar-refractivity contribution in [1.29, 1.82) is 0 Å². The molecule has 1 saturated heterocycles. The molecule has 0 saturated carbocycles. The highest BCUT2D eigenvalue weighted by Gasteiger charge is 2.26. The second kappa shape index (κ2) is 6.77. The highest BCUT2D eigenvalue weighted by molar-refractivity contribution is 7.87. The average molecular weight is 335 g/mol. The van der Waals surface area contributed by atoms with Crippen LogP contribution in [-0.4, -0.2) is 40.6 Å². The summed E-state index contributed by atoms with van der Waals surface area (Å²) in [4.78, 5) is 4.30. The van der Waals surface area contributed by atoms with Gasteiger partial charge in [-0.2, -0.15) is 22.5 Å². The highest BCUT2D eigenvalue weighted by atomic mass is 32.2. The molecule has 0 unspecified atom stereocenters. The maximum Gasteiger partial charge on any atom is 0.279 e. The quantitative estimate of drug-likeness (QED) is 0.894. The van der Waals surface area contributed by atoms with Gasteiger partial charge < -0.3 is 0 Å². The summed E-state index contributed by atoms with van der Waals surface area (Å²) in [6, 6.07) is 5.45. The van der Waals surface area contributed by atoms with E-state index in [0.717, 1.165) is 18.4 Å². The summed E-state index contributed by atoms with van der Waals surface area (Å²) in [5, 5.41) is 4.16. The van der Waals surface area contributed by atoms with Gasteiger partial charge in [-0.25, -0.2) is 9.67 Å². The van der Waals surface area contributed by atoms with Crippen LogP contribution < -0.4 is 4.72 Å². The Morgan fingerprint density at radius 1 is 1.26 bits per heavy atom. The van der Waals surface area contributed by atoms with Gasteiger partial charge in [0.1, 0.15) is 0 Å². The molecule has 0 aromatic carbocycles. The first-order valence-electron chi connectivity index (χ1n) is 7.75. The van der Waals surface area contributed by atoms with Gasteiger partial charge in [-0.15, -0.1) is 0 Å². The molecule has 1 fully saturated rings. The molecule has 0 aliphatic carbocycles. The van der Waals surface area contributed by atoms with Crippen LogP contribution in [0.4, 0.5) is 0 Å². The van der Waals surface area contributed by atoms with Gasteiger partial charge in [0, 0.05) is 43.8 Å². The first kappa shape index (κ1) is 16.1. The van der Waals surface area contributed by atoms with Gasteiger partial charge in [-0.1, -0.05) is 13.0 Å². The largest absolute Gasteiger partial charge is 0.279 e. The predicted octanol–water partition coefficient (Wildman–Crippen LogP) is 1.33. The van der Waals surface area contributed by atoms with Gasteiger partial charge >= 0.3 is 0 Å². The minimum Gasteiger partial charge on any atom is -0.237 e. The van der Waals surface area contributed by atoms with E-state index in [1.165, 1.54) is 4.31 Å². The lowest BCUT2D eigenvalue weighted by atomic mass is 10.0. The normalized spacial score (nSPS) is 17.4. The van der Waals surface area contributed by atoms with E-state index < -0.39 is 10.2 Å². The molecule has 3 heterocycles. The first-order valence-corrected chi connectivity index (χ1v) is 9.19. The minimum atomic E-state index is -3.46. The molecule has 0 spiro atoms. The van der Waals surface area contributed by atoms with Crippen LogP contribution in [0.2, 0.25) is 0 Å². The highest BCUT2D eigenvalue weighted by Crippen LogP contribution is 2.18. The molecule has 0 atom stereocenters. The number of nitrogens with one attached hydrogen (secondary N) is 1. The van der Waals surface area contributed by atoms with Crippen molar-refractivity contribution < 1.29 is 8.42 Å². The van der Waals surface area contributed by atoms with Crippen molar-refractivity contribution in [3.05, 3.63) is 42.4 Å². The Hall–Kier alpha value is -1.77. The molecule has 1 aliphatic heterocycles. The molecule has 124 valence electrons. The molecule has 1 N–H and O–H groups in total. The van der Waals surface area contributed by atoms with E-state index in [2.05, 4.69) is 21.7 Å². The van der Waals surface area contributed by atoms with E-state index in [-0.39, 0.29) is 6.54 Å². The van der Waals surface area contributed by atoms with Crippen LogP contribution >= 0.6 is 0 Å². The second-order valence-electron chi connectivity index (χ2n) is 5.84. The van der Waals surface area contributed by atoms with Gasteiger partial charge in [0.15, 0.2) is 5.82 Å². The third kappa shape index (κ3) is 3.77. The van der Waals surface area contributed by atoms with Crippen LogP contribution in [0.1, 0.15) is 25.3 Å². The smallest absolute Gasteiger partial charge is 0.237 e. The first-order chi connectivity index (χ1) is 11.1. The Balaban J connectivity index is 1.71. The maximum atomic E-state index is 12.4. The zero-order chi connectivity index (χ0) is 16.3. The van der Waals surface area contributed by atoms with Gasteiger partial charge in [-0.05, 0) is 30.9 Å². The average Bonchev–Trinajstić information content (AvgIpc) is 3.08. The molecule has 3 rings (SSSR count). The number of piperidine rings is 1. The van der Waals surface area contributed by atoms with Crippen molar-refractivity contribution in [3.63, 3.8) is 0 Å². The van der Waals surface area contributed by atoms with E-state index in [4.69, 9.17) is 0 Å². The summed E-state index contributed by atoms with van der Waals surface area (Å²) < 4.78 is 30.7. The van der Waals surface area contributed by atoms with Crippen LogP contribution in [-0.2, 0) is 16.8 Å². The second-order valence-corrected chi connectivity index (χ2v) is 7.60. The van der Waals surface area contributed by atoms with E-state index in [1.54, 1.807) is 35.4 Å². The lowest BCUT2D eigenvalue weighted by molar-refractivity contribution is 0.285. The summed E-state index contributed by atoms with van der Waals surface area (Å²) in [5.41, 5.74) is 0.783. The lowest BCUT2D eigenvalue weighted by Crippen LogP contribution is -2.44. The summed E-state index contributed by atoms with van der Waals surface area (Å²) in [5.74, 6) is 1.22. The lowest BCUT2D eigenvalue weighted by Gasteiger charge is -2.29. The van der Waals surface area contributed by atoms with Crippen LogP contribution in [0.3, 0.4) is 0 Å². The Labute approximate surface area is 136 Å². The van der Waals surface area contributed by atoms with Crippen LogP contribution in [0.5, 0.6) is 0 Å². The standard InChI is InChI=1S/C15H21N5O2S/c1-13-5-10-19(11-6-13)23(21,22)18-12-14-4-2-7-16-15(14)20-9-3-8-17-20/h2-4,7-9,13,18H,5-6,10-12H2,1H3. The third-order valence-corrected chi connectivity index (χ3v) is 5.67. The molecular formula is C15H21N5O2S. The van der Waals surface area contributed by atoms with Crippen molar-refractivity contribution in [2.45, 2.75) is 26.3 Å². The van der Waals surface area contributed by atoms with E-state index in [1.807, 2.05) is 6.07 Å². The Morgan fingerprint density at radius 2 is 2.04 bits per heavy atom. The van der Waals surface area contributed by atoms with Gasteiger partial charge in [0.25, 0.3) is 10.2 Å². The van der Waals surface area contributed by atoms with Crippen molar-refractivity contribution in [1.82, 2.24) is 23.8 Å². The van der Waals surface area contributed by atoms with E-state index in [0.29, 0.717) is 24.8 Å². The van der Waals surface area contributed by atoms with Crippen molar-refractivity contribution in [2.75, 3.05) is 13.1 Å². The molecule has 2 aromatic rings. The van der Waals surface area contributed by atoms with Gasteiger partial charge in [0.2, 0.25) is 0 Å². The summed E-state index contributed by atoms with van der Waals surface area (Å²) >= 11 is 0. The molecule has 23 heavy (non-hydrogen) atoms. The van der Waals surface area contributed by atoms with Crippen LogP contribution in [0.25, 0.3) is 5.82 Å². The minimum absolute atomic E-state index is 0.192. The fraction of sp³-hybridized carbons (Fsp3) is 0.467. The number of hydrogen-bond donors (Lipinski definition) is 1. The van der Waals surface area contributed by atoms with Gasteiger partial charge in [-0.3, -0.25) is 0 Å². The zero-order valence-corrected chi connectivity index (χ0v) is 13.9. The molecule has 0 bridgehead atoms. The molecule has 0 radical (unpaired) electrons. The molecule has 8 heteroatoms. The fourth-order valence-electron chi connectivity index (χ4n) is 2.65. The Bertz CT molecular complexity index is 737. The monoisotopic (exact) mass is 335 g/mol. The predicted molar refractivity (Wildman–Crippen MR) is 87.1 cm³/mol. The molecule has 2 aromatic heterocycles. The SMILES string of the molecule is CC1CCN(S(=O)(=O)NCc2cccnc2-n2cccn2)CC1. The van der Waals surface area contributed by atoms with E-state index >= 15 is 0 Å². The summed E-state index contributed by atoms with van der Waals surface area (Å²) in [6.45, 7) is 3.51. The number of aromatic nitrogens is 3. The Kier molecular flexibility index (Phi) is 4.74. The number of nitrogens with zero attached hydrogens (tertiary/aromatic N) is 4. The topological polar surface area (TPSA) is 80.1 Å². The van der Waals surface area contributed by atoms with Crippen molar-refractivity contribution >= 4 is 10.2 Å². The summed E-state index contributed by atoms with van der Waals surface area (Å²) in [6.07, 6.45) is 6.93. The number of pyridine rings is 1. The molecule has 0 amide bonds. The van der Waals surface area contributed by atoms with Crippen LogP contribution in [0.15, 0.2) is 36.8 Å². The zero-order valence-electron chi connectivity index (χ0n) is 13.1. The Morgan fingerprint density at radius 3 is 2.74 bits per heavy atom. The molecule has 1 aliphatic rings. The number of hydrogen-bond acceptors (Lipinski definition) is 4. The number of rotatable bonds is 5. The van der Waals surface area contributed by atoms with Gasteiger partial charge in [0.05, 0.1) is 0 Å². The van der Waals surface area contributed by atoms with Crippen molar-refractivity contribution in [2.24, 2.45) is 5.92 Å². The van der Waals surface area contributed by atoms with Crippen LogP contribution in [0, 0.1) is 5.92 Å². The fourth-order valence-corrected chi connectivity index (χ4v) is 3.87.